The second kappa shape index (κ2) is 17.6. The predicted molar refractivity (Wildman–Crippen MR) is 153 cm³/mol. The Balaban J connectivity index is 0.00000316. The summed E-state index contributed by atoms with van der Waals surface area (Å²) in [5, 5.41) is 49.5. The molecular formula is C24H34Cl2N10. The lowest BCUT2D eigenvalue weighted by atomic mass is 10.2. The van der Waals surface area contributed by atoms with E-state index in [1.807, 2.05) is 0 Å². The molecule has 0 saturated heterocycles. The third-order valence-corrected chi connectivity index (χ3v) is 4.94. The molecule has 2 aromatic carbocycles. The largest absolute Gasteiger partial charge is 0.356 e. The van der Waals surface area contributed by atoms with Gasteiger partial charge in [0.05, 0.1) is 0 Å². The Bertz CT molecular complexity index is 898. The maximum atomic E-state index is 7.86. The maximum absolute atomic E-state index is 7.86. The van der Waals surface area contributed by atoms with Gasteiger partial charge in [-0.3, -0.25) is 32.3 Å². The first-order valence-corrected chi connectivity index (χ1v) is 12.0. The van der Waals surface area contributed by atoms with Crippen molar-refractivity contribution in [3.63, 3.8) is 0 Å². The van der Waals surface area contributed by atoms with E-state index in [2.05, 4.69) is 45.1 Å². The van der Waals surface area contributed by atoms with E-state index < -0.39 is 0 Å². The summed E-state index contributed by atoms with van der Waals surface area (Å²) in [4.78, 5) is 0. The van der Waals surface area contributed by atoms with Crippen LogP contribution < -0.4 is 31.9 Å². The van der Waals surface area contributed by atoms with Crippen LogP contribution in [0.5, 0.6) is 0 Å². The SMILES string of the molecule is C=C.N=C(NCCCCCCNC(=N)NC(=N)Nc1ccc(Cl)cc1)NC(=N)Nc1ccc(Cl)cc1. The fourth-order valence-corrected chi connectivity index (χ4v) is 3.04. The summed E-state index contributed by atoms with van der Waals surface area (Å²) in [7, 11) is 0. The highest BCUT2D eigenvalue weighted by Gasteiger charge is 2.03. The lowest BCUT2D eigenvalue weighted by molar-refractivity contribution is 0.619. The highest BCUT2D eigenvalue weighted by molar-refractivity contribution is 6.31. The van der Waals surface area contributed by atoms with E-state index in [0.717, 1.165) is 25.7 Å². The van der Waals surface area contributed by atoms with Gasteiger partial charge in [0.1, 0.15) is 0 Å². The Morgan fingerprint density at radius 2 is 0.889 bits per heavy atom. The topological polar surface area (TPSA) is 168 Å². The lowest BCUT2D eigenvalue weighted by Gasteiger charge is -2.13. The van der Waals surface area contributed by atoms with Gasteiger partial charge in [0.15, 0.2) is 23.8 Å². The normalized spacial score (nSPS) is 9.61. The van der Waals surface area contributed by atoms with Crippen LogP contribution in [0, 0.1) is 21.6 Å². The van der Waals surface area contributed by atoms with Gasteiger partial charge < -0.3 is 21.3 Å². The molecule has 0 spiro atoms. The van der Waals surface area contributed by atoms with Crippen molar-refractivity contribution in [2.24, 2.45) is 0 Å². The van der Waals surface area contributed by atoms with E-state index in [9.17, 15) is 0 Å². The number of halogens is 2. The molecule has 0 radical (unpaired) electrons. The summed E-state index contributed by atoms with van der Waals surface area (Å²) in [5.74, 6) is 0.112. The summed E-state index contributed by atoms with van der Waals surface area (Å²) < 4.78 is 0. The molecule has 12 heteroatoms. The van der Waals surface area contributed by atoms with Crippen LogP contribution in [0.4, 0.5) is 11.4 Å². The molecule has 0 unspecified atom stereocenters. The summed E-state index contributed by atoms with van der Waals surface area (Å²) in [6.45, 7) is 7.25. The zero-order valence-corrected chi connectivity index (χ0v) is 21.5. The number of benzene rings is 2. The Hall–Kier alpha value is -3.76. The molecule has 0 aliphatic carbocycles. The molecule has 0 aromatic heterocycles. The van der Waals surface area contributed by atoms with Crippen molar-refractivity contribution in [1.82, 2.24) is 21.3 Å². The zero-order valence-electron chi connectivity index (χ0n) is 20.0. The molecule has 0 heterocycles. The minimum Gasteiger partial charge on any atom is -0.356 e. The average Bonchev–Trinajstić information content (AvgIpc) is 2.84. The molecule has 10 nitrogen and oxygen atoms in total. The third-order valence-electron chi connectivity index (χ3n) is 4.43. The minimum atomic E-state index is -0.00148. The standard InChI is InChI=1S/C22H30Cl2N10.C2H4/c23-15-5-9-17(10-6-15)31-21(27)33-19(25)29-13-3-1-2-4-14-30-20(26)34-22(28)32-18-11-7-16(24)8-12-18;1-2/h5-12H,1-4,13-14H2,(H5,25,27,29,31,33)(H5,26,28,30,32,34);1-2H2. The number of nitrogens with one attached hydrogen (secondary N) is 10. The van der Waals surface area contributed by atoms with Crippen molar-refractivity contribution in [2.75, 3.05) is 23.7 Å². The van der Waals surface area contributed by atoms with E-state index in [4.69, 9.17) is 44.8 Å². The fraction of sp³-hybridized carbons (Fsp3) is 0.250. The van der Waals surface area contributed by atoms with Crippen molar-refractivity contribution in [3.8, 4) is 0 Å². The number of rotatable bonds is 9. The van der Waals surface area contributed by atoms with Crippen LogP contribution in [0.15, 0.2) is 61.7 Å². The first-order chi connectivity index (χ1) is 17.3. The first kappa shape index (κ1) is 30.3. The molecule has 36 heavy (non-hydrogen) atoms. The van der Waals surface area contributed by atoms with Gasteiger partial charge in [-0.2, -0.15) is 0 Å². The molecule has 194 valence electrons. The van der Waals surface area contributed by atoms with Crippen LogP contribution in [0.1, 0.15) is 25.7 Å². The summed E-state index contributed by atoms with van der Waals surface area (Å²) >= 11 is 11.7. The Kier molecular flexibility index (Phi) is 14.8. The quantitative estimate of drug-likeness (QED) is 0.0944. The van der Waals surface area contributed by atoms with Crippen molar-refractivity contribution in [3.05, 3.63) is 71.7 Å². The Labute approximate surface area is 222 Å². The maximum Gasteiger partial charge on any atom is 0.199 e. The van der Waals surface area contributed by atoms with Crippen LogP contribution in [0.3, 0.4) is 0 Å². The minimum absolute atomic E-state index is 0.00148. The first-order valence-electron chi connectivity index (χ1n) is 11.2. The monoisotopic (exact) mass is 532 g/mol. The molecule has 0 bridgehead atoms. The number of hydrogen-bond donors (Lipinski definition) is 10. The van der Waals surface area contributed by atoms with Gasteiger partial charge in [-0.1, -0.05) is 36.0 Å². The molecule has 0 atom stereocenters. The van der Waals surface area contributed by atoms with Crippen molar-refractivity contribution in [1.29, 1.82) is 21.6 Å². The van der Waals surface area contributed by atoms with Crippen LogP contribution in [0.2, 0.25) is 10.0 Å². The predicted octanol–water partition coefficient (Wildman–Crippen LogP) is 4.98. The Morgan fingerprint density at radius 1 is 0.556 bits per heavy atom. The summed E-state index contributed by atoms with van der Waals surface area (Å²) in [5.41, 5.74) is 1.42. The highest BCUT2D eigenvalue weighted by atomic mass is 35.5. The summed E-state index contributed by atoms with van der Waals surface area (Å²) in [6.07, 6.45) is 3.70. The molecule has 0 saturated carbocycles. The molecule has 10 N–H and O–H groups in total. The van der Waals surface area contributed by atoms with E-state index in [1.54, 1.807) is 48.5 Å². The van der Waals surface area contributed by atoms with Crippen LogP contribution in [-0.4, -0.2) is 36.9 Å². The van der Waals surface area contributed by atoms with E-state index in [-0.39, 0.29) is 23.8 Å². The molecule has 2 aromatic rings. The highest BCUT2D eigenvalue weighted by Crippen LogP contribution is 2.13. The second-order valence-electron chi connectivity index (χ2n) is 7.28. The van der Waals surface area contributed by atoms with Crippen molar-refractivity contribution >= 4 is 58.4 Å². The molecule has 0 amide bonds. The number of anilines is 2. The number of unbranched alkanes of at least 4 members (excludes halogenated alkanes) is 3. The Morgan fingerprint density at radius 3 is 1.22 bits per heavy atom. The molecule has 0 aliphatic heterocycles. The van der Waals surface area contributed by atoms with Crippen LogP contribution in [0.25, 0.3) is 0 Å². The van der Waals surface area contributed by atoms with Crippen molar-refractivity contribution in [2.45, 2.75) is 25.7 Å². The zero-order chi connectivity index (χ0) is 26.8. The summed E-state index contributed by atoms with van der Waals surface area (Å²) in [6, 6.07) is 13.9. The van der Waals surface area contributed by atoms with Gasteiger partial charge in [-0.15, -0.1) is 13.2 Å². The van der Waals surface area contributed by atoms with E-state index >= 15 is 0 Å². The molecule has 2 rings (SSSR count). The molecular weight excluding hydrogens is 499 g/mol. The van der Waals surface area contributed by atoms with E-state index in [0.29, 0.717) is 34.5 Å². The van der Waals surface area contributed by atoms with E-state index in [1.165, 1.54) is 0 Å². The van der Waals surface area contributed by atoms with Gasteiger partial charge >= 0.3 is 0 Å². The van der Waals surface area contributed by atoms with Gasteiger partial charge in [0, 0.05) is 34.5 Å². The fourth-order valence-electron chi connectivity index (χ4n) is 2.79. The van der Waals surface area contributed by atoms with Gasteiger partial charge in [0.2, 0.25) is 0 Å². The average molecular weight is 534 g/mol. The van der Waals surface area contributed by atoms with Crippen molar-refractivity contribution < 1.29 is 0 Å². The van der Waals surface area contributed by atoms with Crippen LogP contribution >= 0.6 is 23.2 Å². The van der Waals surface area contributed by atoms with Gasteiger partial charge in [-0.05, 0) is 61.4 Å². The molecule has 0 aliphatic rings. The molecule has 0 fully saturated rings. The lowest BCUT2D eigenvalue weighted by Crippen LogP contribution is -2.43. The second-order valence-corrected chi connectivity index (χ2v) is 8.15. The van der Waals surface area contributed by atoms with Gasteiger partial charge in [0.25, 0.3) is 0 Å². The van der Waals surface area contributed by atoms with Gasteiger partial charge in [-0.25, -0.2) is 0 Å². The third kappa shape index (κ3) is 13.8. The smallest absolute Gasteiger partial charge is 0.199 e. The van der Waals surface area contributed by atoms with Crippen LogP contribution in [-0.2, 0) is 0 Å². The number of guanidine groups is 4. The number of hydrogen-bond acceptors (Lipinski definition) is 4.